The normalized spacial score (nSPS) is 16.2. The fourth-order valence-electron chi connectivity index (χ4n) is 0.844. The standard InChI is InChI=1S/C9H9FN.Y/c1-4-8-5-11(3)6-9(10)7(8)2;/h4-5H,1-2H2,3H3;/q-1;. The minimum Gasteiger partial charge on any atom is -0.461 e. The van der Waals surface area contributed by atoms with Gasteiger partial charge in [-0.05, 0) is 7.05 Å². The molecule has 0 atom stereocenters. The molecular weight excluding hydrogens is 230 g/mol. The molecule has 3 heteroatoms. The zero-order chi connectivity index (χ0) is 8.43. The summed E-state index contributed by atoms with van der Waals surface area (Å²) in [4.78, 5) is 1.51. The molecule has 1 aliphatic rings. The van der Waals surface area contributed by atoms with E-state index in [1.165, 1.54) is 4.90 Å². The average Bonchev–Trinajstić information content (AvgIpc) is 1.96. The average molecular weight is 239 g/mol. The Kier molecular flexibility index (Phi) is 4.65. The third-order valence-corrected chi connectivity index (χ3v) is 1.44. The first kappa shape index (κ1) is 11.8. The van der Waals surface area contributed by atoms with E-state index in [9.17, 15) is 4.39 Å². The molecule has 0 saturated carbocycles. The van der Waals surface area contributed by atoms with Crippen LogP contribution in [0, 0.1) is 6.20 Å². The first-order valence-corrected chi connectivity index (χ1v) is 3.21. The number of halogens is 1. The van der Waals surface area contributed by atoms with Crippen LogP contribution in [0.25, 0.3) is 0 Å². The van der Waals surface area contributed by atoms with Gasteiger partial charge in [-0.1, -0.05) is 24.0 Å². The minimum absolute atomic E-state index is 0. The number of hydrogen-bond donors (Lipinski definition) is 0. The van der Waals surface area contributed by atoms with Crippen LogP contribution in [0.1, 0.15) is 0 Å². The van der Waals surface area contributed by atoms with Crippen LogP contribution in [0.3, 0.4) is 0 Å². The van der Waals surface area contributed by atoms with Crippen molar-refractivity contribution in [1.29, 1.82) is 0 Å². The van der Waals surface area contributed by atoms with Gasteiger partial charge in [0.1, 0.15) is 0 Å². The van der Waals surface area contributed by atoms with Crippen LogP contribution in [0.15, 0.2) is 42.4 Å². The third-order valence-electron chi connectivity index (χ3n) is 1.44. The molecular formula is C9H9FNY-. The molecule has 1 aliphatic heterocycles. The third kappa shape index (κ3) is 2.39. The van der Waals surface area contributed by atoms with Gasteiger partial charge in [-0.2, -0.15) is 0 Å². The maximum Gasteiger partial charge on any atom is 0.0347 e. The van der Waals surface area contributed by atoms with Gasteiger partial charge >= 0.3 is 0 Å². The maximum atomic E-state index is 12.8. The molecule has 0 aliphatic carbocycles. The second kappa shape index (κ2) is 4.73. The van der Waals surface area contributed by atoms with E-state index in [1.807, 2.05) is 0 Å². The molecule has 12 heavy (non-hydrogen) atoms. The summed E-state index contributed by atoms with van der Waals surface area (Å²) in [6.07, 6.45) is 5.74. The fourth-order valence-corrected chi connectivity index (χ4v) is 0.844. The van der Waals surface area contributed by atoms with Gasteiger partial charge in [0.2, 0.25) is 0 Å². The Morgan fingerprint density at radius 3 is 2.75 bits per heavy atom. The molecule has 1 radical (unpaired) electrons. The number of rotatable bonds is 1. The number of allylic oxidation sites excluding steroid dienone is 4. The Bertz CT molecular complexity index is 266. The molecule has 0 aromatic heterocycles. The molecule has 1 rings (SSSR count). The number of hydrogen-bond acceptors (Lipinski definition) is 1. The van der Waals surface area contributed by atoms with Crippen molar-refractivity contribution < 1.29 is 37.1 Å². The molecule has 0 bridgehead atoms. The molecule has 0 unspecified atom stereocenters. The van der Waals surface area contributed by atoms with E-state index in [0.29, 0.717) is 11.1 Å². The van der Waals surface area contributed by atoms with Crippen molar-refractivity contribution in [2.75, 3.05) is 7.05 Å². The van der Waals surface area contributed by atoms with Gasteiger partial charge in [0.25, 0.3) is 0 Å². The van der Waals surface area contributed by atoms with Gasteiger partial charge in [-0.25, -0.2) is 4.39 Å². The first-order chi connectivity index (χ1) is 5.15. The van der Waals surface area contributed by atoms with E-state index >= 15 is 0 Å². The summed E-state index contributed by atoms with van der Waals surface area (Å²) in [7, 11) is 1.70. The van der Waals surface area contributed by atoms with Crippen molar-refractivity contribution in [1.82, 2.24) is 4.90 Å². The summed E-state index contributed by atoms with van der Waals surface area (Å²) >= 11 is 0. The van der Waals surface area contributed by atoms with E-state index < -0.39 is 5.83 Å². The molecule has 1 nitrogen and oxygen atoms in total. The Balaban J connectivity index is 0.00000121. The summed E-state index contributed by atoms with van der Waals surface area (Å²) in [5, 5.41) is 0. The molecule has 1 heterocycles. The predicted octanol–water partition coefficient (Wildman–Crippen LogP) is 2.17. The molecule has 0 aromatic rings. The smallest absolute Gasteiger partial charge is 0.0347 e. The van der Waals surface area contributed by atoms with Gasteiger partial charge in [0, 0.05) is 38.5 Å². The van der Waals surface area contributed by atoms with Gasteiger partial charge in [-0.3, -0.25) is 0 Å². The summed E-state index contributed by atoms with van der Waals surface area (Å²) in [6.45, 7) is 7.08. The summed E-state index contributed by atoms with van der Waals surface area (Å²) < 4.78 is 12.8. The zero-order valence-electron chi connectivity index (χ0n) is 6.97. The predicted molar refractivity (Wildman–Crippen MR) is 43.0 cm³/mol. The monoisotopic (exact) mass is 239 g/mol. The largest absolute Gasteiger partial charge is 0.461 e. The zero-order valence-corrected chi connectivity index (χ0v) is 9.81. The Hall–Kier alpha value is -0.206. The molecule has 0 N–H and O–H groups in total. The fraction of sp³-hybridized carbons (Fsp3) is 0.111. The van der Waals surface area contributed by atoms with Crippen LogP contribution in [0.5, 0.6) is 0 Å². The van der Waals surface area contributed by atoms with Crippen LogP contribution in [0.2, 0.25) is 0 Å². The maximum absolute atomic E-state index is 12.8. The van der Waals surface area contributed by atoms with Crippen molar-refractivity contribution in [3.8, 4) is 0 Å². The van der Waals surface area contributed by atoms with E-state index in [4.69, 9.17) is 0 Å². The van der Waals surface area contributed by atoms with Crippen LogP contribution in [-0.4, -0.2) is 11.9 Å². The van der Waals surface area contributed by atoms with Crippen molar-refractivity contribution in [3.63, 3.8) is 0 Å². The molecule has 0 amide bonds. The van der Waals surface area contributed by atoms with Crippen molar-refractivity contribution in [2.24, 2.45) is 0 Å². The van der Waals surface area contributed by atoms with Gasteiger partial charge in [-0.15, -0.1) is 18.7 Å². The second-order valence-electron chi connectivity index (χ2n) is 2.30. The Morgan fingerprint density at radius 1 is 1.67 bits per heavy atom. The second-order valence-corrected chi connectivity index (χ2v) is 2.30. The molecule has 0 fully saturated rings. The van der Waals surface area contributed by atoms with E-state index in [1.54, 1.807) is 19.3 Å². The molecule has 61 valence electrons. The van der Waals surface area contributed by atoms with Crippen LogP contribution in [-0.2, 0) is 32.7 Å². The van der Waals surface area contributed by atoms with E-state index in [0.717, 1.165) is 0 Å². The van der Waals surface area contributed by atoms with Crippen molar-refractivity contribution in [2.45, 2.75) is 0 Å². The molecule has 0 spiro atoms. The topological polar surface area (TPSA) is 3.24 Å². The Labute approximate surface area is 97.2 Å². The SMILES string of the molecule is C=CC1=CN(C)[C-]=C(F)C1=C.[Y]. The van der Waals surface area contributed by atoms with Crippen LogP contribution >= 0.6 is 0 Å². The van der Waals surface area contributed by atoms with E-state index in [2.05, 4.69) is 19.4 Å². The van der Waals surface area contributed by atoms with Gasteiger partial charge in [0.15, 0.2) is 0 Å². The first-order valence-electron chi connectivity index (χ1n) is 3.21. The molecule has 0 saturated heterocycles. The quantitative estimate of drug-likeness (QED) is 0.634. The summed E-state index contributed by atoms with van der Waals surface area (Å²) in [5.74, 6) is -0.426. The summed E-state index contributed by atoms with van der Waals surface area (Å²) in [5.41, 5.74) is 1.04. The van der Waals surface area contributed by atoms with E-state index in [-0.39, 0.29) is 32.7 Å². The van der Waals surface area contributed by atoms with Crippen molar-refractivity contribution in [3.05, 3.63) is 48.6 Å². The van der Waals surface area contributed by atoms with Gasteiger partial charge in [0.05, 0.1) is 0 Å². The summed E-state index contributed by atoms with van der Waals surface area (Å²) in [6, 6.07) is 0. The Morgan fingerprint density at radius 2 is 2.25 bits per heavy atom. The number of nitrogens with zero attached hydrogens (tertiary/aromatic N) is 1. The van der Waals surface area contributed by atoms with Gasteiger partial charge < -0.3 is 4.90 Å². The minimum atomic E-state index is -0.426. The van der Waals surface area contributed by atoms with Crippen LogP contribution < -0.4 is 0 Å². The molecule has 0 aromatic carbocycles. The van der Waals surface area contributed by atoms with Crippen molar-refractivity contribution >= 4 is 0 Å². The van der Waals surface area contributed by atoms with Crippen LogP contribution in [0.4, 0.5) is 4.39 Å².